The molecule has 1 heteroatoms. The third-order valence-electron chi connectivity index (χ3n) is 2.76. The van der Waals surface area contributed by atoms with E-state index in [1.54, 1.807) is 0 Å². The fourth-order valence-corrected chi connectivity index (χ4v) is 1.71. The lowest BCUT2D eigenvalue weighted by Gasteiger charge is -2.23. The van der Waals surface area contributed by atoms with E-state index >= 15 is 0 Å². The van der Waals surface area contributed by atoms with Gasteiger partial charge in [0.1, 0.15) is 5.75 Å². The van der Waals surface area contributed by atoms with Gasteiger partial charge in [0.15, 0.2) is 0 Å². The lowest BCUT2D eigenvalue weighted by Crippen LogP contribution is -2.14. The molecule has 0 unspecified atom stereocenters. The van der Waals surface area contributed by atoms with Crippen LogP contribution in [0.25, 0.3) is 0 Å². The van der Waals surface area contributed by atoms with Crippen LogP contribution in [0, 0.1) is 6.92 Å². The molecule has 82 valence electrons. The first kappa shape index (κ1) is 10.5. The number of benzene rings is 1. The normalized spacial score (nSPS) is 16.5. The predicted octanol–water partition coefficient (Wildman–Crippen LogP) is 3.83. The summed E-state index contributed by atoms with van der Waals surface area (Å²) in [6.07, 6.45) is 2.92. The van der Waals surface area contributed by atoms with E-state index in [0.29, 0.717) is 6.10 Å². The molecule has 1 saturated carbocycles. The summed E-state index contributed by atoms with van der Waals surface area (Å²) >= 11 is 0. The molecule has 1 aromatic rings. The van der Waals surface area contributed by atoms with Crippen LogP contribution in [0.5, 0.6) is 5.75 Å². The number of hydrogen-bond acceptors (Lipinski definition) is 1. The molecule has 0 radical (unpaired) electrons. The Labute approximate surface area is 92.5 Å². The minimum absolute atomic E-state index is 0.165. The highest BCUT2D eigenvalue weighted by atomic mass is 16.5. The zero-order chi connectivity index (χ0) is 11.1. The van der Waals surface area contributed by atoms with Crippen molar-refractivity contribution in [2.45, 2.75) is 52.1 Å². The summed E-state index contributed by atoms with van der Waals surface area (Å²) in [7, 11) is 0. The first-order valence-corrected chi connectivity index (χ1v) is 5.74. The van der Waals surface area contributed by atoms with Crippen LogP contribution in [0.1, 0.15) is 44.7 Å². The van der Waals surface area contributed by atoms with Crippen molar-refractivity contribution in [2.24, 2.45) is 0 Å². The Morgan fingerprint density at radius 2 is 1.87 bits per heavy atom. The first-order valence-electron chi connectivity index (χ1n) is 5.74. The van der Waals surface area contributed by atoms with Crippen molar-refractivity contribution in [1.82, 2.24) is 0 Å². The van der Waals surface area contributed by atoms with Gasteiger partial charge in [0.2, 0.25) is 0 Å². The molecule has 0 aromatic heterocycles. The standard InChI is InChI=1S/C14H20O/c1-10-5-8-12(14(2,3)4)13(9-10)15-11-6-7-11/h5,8-9,11H,6-7H2,1-4H3. The van der Waals surface area contributed by atoms with Gasteiger partial charge < -0.3 is 4.74 Å². The number of hydrogen-bond donors (Lipinski definition) is 0. The highest BCUT2D eigenvalue weighted by molar-refractivity contribution is 5.41. The lowest BCUT2D eigenvalue weighted by atomic mass is 9.86. The molecule has 0 N–H and O–H groups in total. The Balaban J connectivity index is 2.34. The molecule has 0 bridgehead atoms. The second-order valence-corrected chi connectivity index (χ2v) is 5.57. The van der Waals surface area contributed by atoms with E-state index in [0.717, 1.165) is 5.75 Å². The van der Waals surface area contributed by atoms with Crippen LogP contribution in [-0.2, 0) is 5.41 Å². The van der Waals surface area contributed by atoms with Crippen molar-refractivity contribution in [1.29, 1.82) is 0 Å². The van der Waals surface area contributed by atoms with Crippen LogP contribution in [0.15, 0.2) is 18.2 Å². The smallest absolute Gasteiger partial charge is 0.123 e. The lowest BCUT2D eigenvalue weighted by molar-refractivity contribution is 0.294. The summed E-state index contributed by atoms with van der Waals surface area (Å²) in [4.78, 5) is 0. The highest BCUT2D eigenvalue weighted by Crippen LogP contribution is 2.35. The zero-order valence-corrected chi connectivity index (χ0v) is 10.1. The van der Waals surface area contributed by atoms with Crippen molar-refractivity contribution < 1.29 is 4.74 Å². The van der Waals surface area contributed by atoms with Crippen LogP contribution < -0.4 is 4.74 Å². The van der Waals surface area contributed by atoms with Crippen LogP contribution in [0.4, 0.5) is 0 Å². The predicted molar refractivity (Wildman–Crippen MR) is 63.5 cm³/mol. The Morgan fingerprint density at radius 3 is 2.40 bits per heavy atom. The van der Waals surface area contributed by atoms with Crippen LogP contribution >= 0.6 is 0 Å². The van der Waals surface area contributed by atoms with Crippen molar-refractivity contribution >= 4 is 0 Å². The van der Waals surface area contributed by atoms with E-state index in [-0.39, 0.29) is 5.41 Å². The number of aryl methyl sites for hydroxylation is 1. The van der Waals surface area contributed by atoms with Crippen molar-refractivity contribution in [3.63, 3.8) is 0 Å². The minimum atomic E-state index is 0.165. The van der Waals surface area contributed by atoms with E-state index in [2.05, 4.69) is 45.9 Å². The third kappa shape index (κ3) is 2.53. The largest absolute Gasteiger partial charge is 0.490 e. The molecular formula is C14H20O. The molecule has 2 rings (SSSR count). The van der Waals surface area contributed by atoms with E-state index in [4.69, 9.17) is 4.74 Å². The molecule has 15 heavy (non-hydrogen) atoms. The first-order chi connectivity index (χ1) is 6.97. The summed E-state index contributed by atoms with van der Waals surface area (Å²) in [5.74, 6) is 1.09. The summed E-state index contributed by atoms with van der Waals surface area (Å²) in [5.41, 5.74) is 2.76. The maximum atomic E-state index is 5.96. The van der Waals surface area contributed by atoms with Crippen LogP contribution in [0.2, 0.25) is 0 Å². The molecule has 1 fully saturated rings. The van der Waals surface area contributed by atoms with Gasteiger partial charge >= 0.3 is 0 Å². The summed E-state index contributed by atoms with van der Waals surface area (Å²) in [5, 5.41) is 0. The number of rotatable bonds is 2. The van der Waals surface area contributed by atoms with E-state index < -0.39 is 0 Å². The average Bonchev–Trinajstić information content (AvgIpc) is 2.85. The van der Waals surface area contributed by atoms with Gasteiger partial charge in [-0.3, -0.25) is 0 Å². The fourth-order valence-electron chi connectivity index (χ4n) is 1.71. The molecule has 0 saturated heterocycles. The second-order valence-electron chi connectivity index (χ2n) is 5.57. The molecule has 1 nitrogen and oxygen atoms in total. The molecule has 0 atom stereocenters. The van der Waals surface area contributed by atoms with Crippen molar-refractivity contribution in [2.75, 3.05) is 0 Å². The van der Waals surface area contributed by atoms with Gasteiger partial charge in [-0.25, -0.2) is 0 Å². The van der Waals surface area contributed by atoms with Gasteiger partial charge in [-0.05, 0) is 42.4 Å². The fraction of sp³-hybridized carbons (Fsp3) is 0.571. The van der Waals surface area contributed by atoms with Gasteiger partial charge in [-0.2, -0.15) is 0 Å². The van der Waals surface area contributed by atoms with Gasteiger partial charge in [-0.15, -0.1) is 0 Å². The SMILES string of the molecule is Cc1ccc(C(C)(C)C)c(OC2CC2)c1. The Hall–Kier alpha value is -0.980. The molecule has 0 heterocycles. The Morgan fingerprint density at radius 1 is 1.20 bits per heavy atom. The Bertz CT molecular complexity index is 356. The molecule has 1 aromatic carbocycles. The molecule has 1 aliphatic rings. The zero-order valence-electron chi connectivity index (χ0n) is 10.1. The highest BCUT2D eigenvalue weighted by Gasteiger charge is 2.27. The van der Waals surface area contributed by atoms with Gasteiger partial charge in [-0.1, -0.05) is 32.9 Å². The van der Waals surface area contributed by atoms with Crippen LogP contribution in [-0.4, -0.2) is 6.10 Å². The van der Waals surface area contributed by atoms with E-state index in [1.807, 2.05) is 0 Å². The monoisotopic (exact) mass is 204 g/mol. The maximum Gasteiger partial charge on any atom is 0.123 e. The van der Waals surface area contributed by atoms with Gasteiger partial charge in [0.05, 0.1) is 6.10 Å². The molecular weight excluding hydrogens is 184 g/mol. The van der Waals surface area contributed by atoms with E-state index in [1.165, 1.54) is 24.0 Å². The quantitative estimate of drug-likeness (QED) is 0.711. The minimum Gasteiger partial charge on any atom is -0.490 e. The Kier molecular flexibility index (Phi) is 2.49. The molecule has 0 aliphatic heterocycles. The number of ether oxygens (including phenoxy) is 1. The maximum absolute atomic E-state index is 5.96. The summed E-state index contributed by atoms with van der Waals surface area (Å²) in [6.45, 7) is 8.82. The van der Waals surface area contributed by atoms with Crippen molar-refractivity contribution in [3.8, 4) is 5.75 Å². The van der Waals surface area contributed by atoms with E-state index in [9.17, 15) is 0 Å². The third-order valence-corrected chi connectivity index (χ3v) is 2.76. The van der Waals surface area contributed by atoms with Gasteiger partial charge in [0.25, 0.3) is 0 Å². The second kappa shape index (κ2) is 3.55. The summed E-state index contributed by atoms with van der Waals surface area (Å²) in [6, 6.07) is 6.53. The summed E-state index contributed by atoms with van der Waals surface area (Å²) < 4.78 is 5.96. The molecule has 0 amide bonds. The average molecular weight is 204 g/mol. The molecule has 1 aliphatic carbocycles. The van der Waals surface area contributed by atoms with Gasteiger partial charge in [0, 0.05) is 0 Å². The van der Waals surface area contributed by atoms with Crippen molar-refractivity contribution in [3.05, 3.63) is 29.3 Å². The van der Waals surface area contributed by atoms with Crippen LogP contribution in [0.3, 0.4) is 0 Å². The molecule has 0 spiro atoms. The topological polar surface area (TPSA) is 9.23 Å².